The lowest BCUT2D eigenvalue weighted by Gasteiger charge is -2.32. The van der Waals surface area contributed by atoms with Crippen molar-refractivity contribution in [3.8, 4) is 11.5 Å². The molecule has 6 nitrogen and oxygen atoms in total. The summed E-state index contributed by atoms with van der Waals surface area (Å²) in [7, 11) is 2.11. The van der Waals surface area contributed by atoms with Crippen molar-refractivity contribution in [3.63, 3.8) is 0 Å². The molecular weight excluding hydrogens is 496 g/mol. The molecule has 1 saturated heterocycles. The van der Waals surface area contributed by atoms with E-state index < -0.39 is 0 Å². The number of aromatic hydroxyl groups is 1. The van der Waals surface area contributed by atoms with Crippen LogP contribution in [0.5, 0.6) is 11.5 Å². The highest BCUT2D eigenvalue weighted by molar-refractivity contribution is 6.39. The van der Waals surface area contributed by atoms with Crippen LogP contribution in [0, 0.1) is 0 Å². The Morgan fingerprint density at radius 1 is 1.12 bits per heavy atom. The van der Waals surface area contributed by atoms with Crippen LogP contribution in [0.2, 0.25) is 10.0 Å². The van der Waals surface area contributed by atoms with Crippen molar-refractivity contribution < 1.29 is 14.6 Å². The molecule has 1 aliphatic rings. The first-order chi connectivity index (χ1) is 14.4. The van der Waals surface area contributed by atoms with Crippen LogP contribution in [0.4, 0.5) is 5.69 Å². The summed E-state index contributed by atoms with van der Waals surface area (Å²) < 4.78 is 5.78. The van der Waals surface area contributed by atoms with Gasteiger partial charge in [-0.1, -0.05) is 41.4 Å². The quantitative estimate of drug-likeness (QED) is 0.561. The van der Waals surface area contributed by atoms with E-state index in [1.165, 1.54) is 6.07 Å². The number of nitrogens with zero attached hydrogens (tertiary/aromatic N) is 3. The van der Waals surface area contributed by atoms with Gasteiger partial charge in [0.05, 0.1) is 10.6 Å². The van der Waals surface area contributed by atoms with E-state index >= 15 is 0 Å². The average Bonchev–Trinajstić information content (AvgIpc) is 2.75. The van der Waals surface area contributed by atoms with E-state index in [2.05, 4.69) is 16.8 Å². The number of hydrogen-bond donors (Lipinski definition) is 1. The van der Waals surface area contributed by atoms with Gasteiger partial charge in [0.2, 0.25) is 0 Å². The van der Waals surface area contributed by atoms with Gasteiger partial charge in [-0.3, -0.25) is 9.69 Å². The van der Waals surface area contributed by atoms with Crippen LogP contribution in [0.15, 0.2) is 36.4 Å². The van der Waals surface area contributed by atoms with Gasteiger partial charge in [-0.15, -0.1) is 24.8 Å². The summed E-state index contributed by atoms with van der Waals surface area (Å²) in [4.78, 5) is 19.2. The molecule has 2 aromatic carbocycles. The lowest BCUT2D eigenvalue weighted by molar-refractivity contribution is 0.0985. The van der Waals surface area contributed by atoms with Crippen molar-refractivity contribution in [2.24, 2.45) is 0 Å². The predicted molar refractivity (Wildman–Crippen MR) is 136 cm³/mol. The Bertz CT molecular complexity index is 878. The van der Waals surface area contributed by atoms with E-state index in [9.17, 15) is 9.90 Å². The summed E-state index contributed by atoms with van der Waals surface area (Å²) >= 11 is 12.7. The Labute approximate surface area is 211 Å². The lowest BCUT2D eigenvalue weighted by atomic mass is 10.1. The number of piperazine rings is 1. The van der Waals surface area contributed by atoms with Gasteiger partial charge in [0.15, 0.2) is 11.5 Å². The molecule has 0 unspecified atom stereocenters. The minimum atomic E-state index is -0.381. The number of anilines is 1. The second-order valence-corrected chi connectivity index (χ2v) is 8.06. The third-order valence-corrected chi connectivity index (χ3v) is 5.89. The van der Waals surface area contributed by atoms with Crippen LogP contribution < -0.4 is 9.64 Å². The first-order valence-corrected chi connectivity index (χ1v) is 10.8. The predicted octanol–water partition coefficient (Wildman–Crippen LogP) is 4.84. The zero-order valence-electron chi connectivity index (χ0n) is 18.1. The topological polar surface area (TPSA) is 56.2 Å². The molecular formula is C22H29Cl4N3O3. The molecule has 0 aromatic heterocycles. The fraction of sp³-hybridized carbons (Fsp3) is 0.409. The zero-order chi connectivity index (χ0) is 21.7. The number of hydrogen-bond acceptors (Lipinski definition) is 5. The van der Waals surface area contributed by atoms with E-state index in [4.69, 9.17) is 27.9 Å². The molecule has 10 heteroatoms. The average molecular weight is 525 g/mol. The van der Waals surface area contributed by atoms with Gasteiger partial charge in [-0.25, -0.2) is 0 Å². The van der Waals surface area contributed by atoms with Crippen molar-refractivity contribution >= 4 is 59.6 Å². The van der Waals surface area contributed by atoms with Gasteiger partial charge < -0.3 is 19.6 Å². The second-order valence-electron chi connectivity index (χ2n) is 7.28. The van der Waals surface area contributed by atoms with Crippen molar-refractivity contribution in [2.75, 3.05) is 57.8 Å². The summed E-state index contributed by atoms with van der Waals surface area (Å²) in [5, 5.41) is 10.8. The van der Waals surface area contributed by atoms with Gasteiger partial charge in [-0.2, -0.15) is 0 Å². The summed E-state index contributed by atoms with van der Waals surface area (Å²) in [6, 6.07) is 10.7. The highest BCUT2D eigenvalue weighted by atomic mass is 35.5. The number of carbonyl (C=O) groups excluding carboxylic acids is 1. The van der Waals surface area contributed by atoms with Gasteiger partial charge in [0.1, 0.15) is 11.6 Å². The Balaban J connectivity index is 0.00000256. The molecule has 0 spiro atoms. The monoisotopic (exact) mass is 523 g/mol. The molecule has 1 amide bonds. The van der Waals surface area contributed by atoms with E-state index in [0.29, 0.717) is 13.2 Å². The molecule has 3 rings (SSSR count). The van der Waals surface area contributed by atoms with Gasteiger partial charge in [-0.05, 0) is 32.2 Å². The van der Waals surface area contributed by atoms with E-state index in [1.807, 2.05) is 37.3 Å². The third kappa shape index (κ3) is 6.80. The Morgan fingerprint density at radius 2 is 1.75 bits per heavy atom. The number of phenolic OH excluding ortho intramolecular Hbond substituents is 1. The molecule has 0 atom stereocenters. The van der Waals surface area contributed by atoms with Crippen LogP contribution in [0.3, 0.4) is 0 Å². The summed E-state index contributed by atoms with van der Waals surface area (Å²) in [6.07, 6.45) is 0. The Kier molecular flexibility index (Phi) is 11.9. The number of benzene rings is 2. The zero-order valence-corrected chi connectivity index (χ0v) is 21.2. The highest BCUT2D eigenvalue weighted by Crippen LogP contribution is 2.42. The fourth-order valence-electron chi connectivity index (χ4n) is 3.43. The number of likely N-dealkylation sites (N-methyl/N-ethyl adjacent to an activating group) is 1. The molecule has 0 bridgehead atoms. The molecule has 0 saturated carbocycles. The van der Waals surface area contributed by atoms with E-state index in [-0.39, 0.29) is 57.8 Å². The van der Waals surface area contributed by atoms with Crippen molar-refractivity contribution in [1.82, 2.24) is 9.80 Å². The molecule has 178 valence electrons. The smallest absolute Gasteiger partial charge is 0.262 e. The maximum Gasteiger partial charge on any atom is 0.262 e. The van der Waals surface area contributed by atoms with Crippen molar-refractivity contribution in [2.45, 2.75) is 6.92 Å². The van der Waals surface area contributed by atoms with Crippen molar-refractivity contribution in [3.05, 3.63) is 52.0 Å². The minimum Gasteiger partial charge on any atom is -0.505 e. The second kappa shape index (κ2) is 13.3. The van der Waals surface area contributed by atoms with E-state index in [1.54, 1.807) is 4.90 Å². The molecule has 1 fully saturated rings. The maximum absolute atomic E-state index is 13.1. The third-order valence-electron chi connectivity index (χ3n) is 5.26. The van der Waals surface area contributed by atoms with Gasteiger partial charge in [0, 0.05) is 45.0 Å². The van der Waals surface area contributed by atoms with Gasteiger partial charge in [0.25, 0.3) is 5.91 Å². The number of phenols is 1. The standard InChI is InChI=1S/C22H27Cl2N3O3.2ClH/c1-3-27(16-7-5-4-6-8-16)22(29)17-15-18(23)21(19(24)20(17)28)30-14-13-26-11-9-25(2)10-12-26;;/h4-8,15,28H,3,9-14H2,1-2H3;2*1H. The number of rotatable bonds is 7. The van der Waals surface area contributed by atoms with Crippen LogP contribution in [-0.4, -0.2) is 73.7 Å². The number of ether oxygens (including phenoxy) is 1. The molecule has 2 aromatic rings. The van der Waals surface area contributed by atoms with Gasteiger partial charge >= 0.3 is 0 Å². The largest absolute Gasteiger partial charge is 0.505 e. The number of para-hydroxylation sites is 1. The normalized spacial score (nSPS) is 14.2. The molecule has 0 aliphatic carbocycles. The van der Waals surface area contributed by atoms with Crippen LogP contribution in [0.1, 0.15) is 17.3 Å². The molecule has 1 heterocycles. The SMILES string of the molecule is CCN(C(=O)c1cc(Cl)c(OCCN2CCN(C)CC2)c(Cl)c1O)c1ccccc1.Cl.Cl. The summed E-state index contributed by atoms with van der Waals surface area (Å²) in [5.74, 6) is -0.506. The molecule has 0 radical (unpaired) electrons. The fourth-order valence-corrected chi connectivity index (χ4v) is 4.00. The van der Waals surface area contributed by atoms with Crippen molar-refractivity contribution in [1.29, 1.82) is 0 Å². The first kappa shape index (κ1) is 28.6. The molecule has 32 heavy (non-hydrogen) atoms. The maximum atomic E-state index is 13.1. The first-order valence-electron chi connectivity index (χ1n) is 10.0. The Morgan fingerprint density at radius 3 is 2.34 bits per heavy atom. The number of halogens is 4. The number of carbonyl (C=O) groups is 1. The van der Waals surface area contributed by atoms with Crippen LogP contribution in [-0.2, 0) is 0 Å². The van der Waals surface area contributed by atoms with E-state index in [0.717, 1.165) is 38.4 Å². The lowest BCUT2D eigenvalue weighted by Crippen LogP contribution is -2.45. The van der Waals surface area contributed by atoms with Crippen LogP contribution >= 0.6 is 48.0 Å². The summed E-state index contributed by atoms with van der Waals surface area (Å²) in [5.41, 5.74) is 0.770. The minimum absolute atomic E-state index is 0. The molecule has 1 N–H and O–H groups in total. The highest BCUT2D eigenvalue weighted by Gasteiger charge is 2.25. The van der Waals surface area contributed by atoms with Crippen LogP contribution in [0.25, 0.3) is 0 Å². The summed E-state index contributed by atoms with van der Waals surface area (Å²) in [6.45, 7) is 7.42. The Hall–Kier alpha value is -1.41. The molecule has 1 aliphatic heterocycles. The number of amides is 1.